The van der Waals surface area contributed by atoms with Crippen LogP contribution in [0.3, 0.4) is 0 Å². The van der Waals surface area contributed by atoms with Crippen LogP contribution in [-0.2, 0) is 4.79 Å². The first-order valence-electron chi connectivity index (χ1n) is 7.99. The average Bonchev–Trinajstić information content (AvgIpc) is 2.53. The van der Waals surface area contributed by atoms with Crippen molar-refractivity contribution < 1.29 is 9.53 Å². The molecule has 0 saturated carbocycles. The highest BCUT2D eigenvalue weighted by atomic mass is 127. The molecule has 136 valence electrons. The van der Waals surface area contributed by atoms with E-state index in [0.717, 1.165) is 12.2 Å². The van der Waals surface area contributed by atoms with Crippen molar-refractivity contribution in [3.05, 3.63) is 29.8 Å². The van der Waals surface area contributed by atoms with Gasteiger partial charge in [0, 0.05) is 13.6 Å². The molecule has 1 aromatic rings. The van der Waals surface area contributed by atoms with Gasteiger partial charge in [0.05, 0.1) is 13.1 Å². The van der Waals surface area contributed by atoms with E-state index in [9.17, 15) is 4.79 Å². The zero-order chi connectivity index (χ0) is 17.1. The van der Waals surface area contributed by atoms with Crippen LogP contribution < -0.4 is 20.7 Å². The summed E-state index contributed by atoms with van der Waals surface area (Å²) < 4.78 is 5.84. The summed E-state index contributed by atoms with van der Waals surface area (Å²) in [5.74, 6) is 1.39. The topological polar surface area (TPSA) is 74.8 Å². The minimum absolute atomic E-state index is 0. The zero-order valence-electron chi connectivity index (χ0n) is 14.9. The molecule has 24 heavy (non-hydrogen) atoms. The number of amides is 1. The minimum atomic E-state index is -0.0427. The number of ether oxygens (including phenoxy) is 1. The van der Waals surface area contributed by atoms with Crippen LogP contribution in [0.15, 0.2) is 29.3 Å². The van der Waals surface area contributed by atoms with E-state index in [1.807, 2.05) is 45.0 Å². The molecular weight excluding hydrogens is 419 g/mol. The van der Waals surface area contributed by atoms with E-state index in [1.54, 1.807) is 7.05 Å². The number of carbonyl (C=O) groups is 1. The fraction of sp³-hybridized carbons (Fsp3) is 0.529. The van der Waals surface area contributed by atoms with Gasteiger partial charge in [-0.3, -0.25) is 9.79 Å². The number of hydrogen-bond acceptors (Lipinski definition) is 3. The minimum Gasteiger partial charge on any atom is -0.489 e. The number of nitrogens with zero attached hydrogens (tertiary/aromatic N) is 1. The van der Waals surface area contributed by atoms with E-state index in [2.05, 4.69) is 20.9 Å². The summed E-state index contributed by atoms with van der Waals surface area (Å²) in [7, 11) is 1.67. The number of halogens is 1. The molecule has 0 aromatic heterocycles. The van der Waals surface area contributed by atoms with E-state index in [4.69, 9.17) is 4.74 Å². The van der Waals surface area contributed by atoms with Gasteiger partial charge in [0.2, 0.25) is 5.91 Å². The third-order valence-corrected chi connectivity index (χ3v) is 3.10. The molecule has 1 amide bonds. The summed E-state index contributed by atoms with van der Waals surface area (Å²) in [5, 5.41) is 8.93. The van der Waals surface area contributed by atoms with Crippen molar-refractivity contribution in [2.24, 2.45) is 4.99 Å². The summed E-state index contributed by atoms with van der Waals surface area (Å²) >= 11 is 0. The first-order valence-corrected chi connectivity index (χ1v) is 7.99. The normalized spacial score (nSPS) is 11.9. The maximum Gasteiger partial charge on any atom is 0.239 e. The summed E-state index contributed by atoms with van der Waals surface area (Å²) in [6.07, 6.45) is 0.899. The lowest BCUT2D eigenvalue weighted by atomic mass is 10.2. The van der Waals surface area contributed by atoms with Crippen LogP contribution in [0.1, 0.15) is 25.8 Å². The van der Waals surface area contributed by atoms with Gasteiger partial charge in [0.1, 0.15) is 11.9 Å². The highest BCUT2D eigenvalue weighted by Gasteiger charge is 2.07. The summed E-state index contributed by atoms with van der Waals surface area (Å²) in [5.41, 5.74) is 1.17. The van der Waals surface area contributed by atoms with Crippen LogP contribution in [0.2, 0.25) is 0 Å². The SMILES string of the molecule is CCCNC(=O)CNC(=NC)NCC(C)Oc1cccc(C)c1.I. The van der Waals surface area contributed by atoms with Gasteiger partial charge in [-0.05, 0) is 38.0 Å². The van der Waals surface area contributed by atoms with Crippen molar-refractivity contribution >= 4 is 35.8 Å². The smallest absolute Gasteiger partial charge is 0.239 e. The second-order valence-electron chi connectivity index (χ2n) is 5.40. The summed E-state index contributed by atoms with van der Waals surface area (Å²) in [6, 6.07) is 7.95. The molecule has 0 aliphatic rings. The molecule has 0 aliphatic carbocycles. The molecule has 0 aliphatic heterocycles. The molecule has 0 bridgehead atoms. The molecule has 1 atom stereocenters. The Labute approximate surface area is 161 Å². The second-order valence-corrected chi connectivity index (χ2v) is 5.40. The van der Waals surface area contributed by atoms with Crippen molar-refractivity contribution in [1.82, 2.24) is 16.0 Å². The number of aliphatic imine (C=N–C) groups is 1. The van der Waals surface area contributed by atoms with Crippen LogP contribution in [-0.4, -0.2) is 44.7 Å². The molecule has 1 rings (SSSR count). The van der Waals surface area contributed by atoms with E-state index < -0.39 is 0 Å². The van der Waals surface area contributed by atoms with Crippen LogP contribution in [0, 0.1) is 6.92 Å². The standard InChI is InChI=1S/C17H28N4O2.HI/c1-5-9-19-16(22)12-21-17(18-4)20-11-14(3)23-15-8-6-7-13(2)10-15;/h6-8,10,14H,5,9,11-12H2,1-4H3,(H,19,22)(H2,18,20,21);1H. The highest BCUT2D eigenvalue weighted by Crippen LogP contribution is 2.13. The van der Waals surface area contributed by atoms with Gasteiger partial charge in [-0.2, -0.15) is 0 Å². The lowest BCUT2D eigenvalue weighted by molar-refractivity contribution is -0.120. The first-order chi connectivity index (χ1) is 11.0. The van der Waals surface area contributed by atoms with Gasteiger partial charge in [-0.15, -0.1) is 24.0 Å². The van der Waals surface area contributed by atoms with E-state index in [0.29, 0.717) is 19.0 Å². The molecule has 3 N–H and O–H groups in total. The molecule has 0 heterocycles. The van der Waals surface area contributed by atoms with Gasteiger partial charge in [-0.1, -0.05) is 19.1 Å². The fourth-order valence-electron chi connectivity index (χ4n) is 1.91. The molecule has 0 spiro atoms. The van der Waals surface area contributed by atoms with Gasteiger partial charge >= 0.3 is 0 Å². The van der Waals surface area contributed by atoms with Crippen molar-refractivity contribution in [2.75, 3.05) is 26.7 Å². The Balaban J connectivity index is 0.00000529. The molecule has 7 heteroatoms. The molecule has 6 nitrogen and oxygen atoms in total. The fourth-order valence-corrected chi connectivity index (χ4v) is 1.91. The molecule has 0 radical (unpaired) electrons. The van der Waals surface area contributed by atoms with Crippen molar-refractivity contribution in [3.8, 4) is 5.75 Å². The number of aryl methyl sites for hydroxylation is 1. The Morgan fingerprint density at radius 3 is 2.67 bits per heavy atom. The lowest BCUT2D eigenvalue weighted by Gasteiger charge is -2.18. The molecule has 0 saturated heterocycles. The molecule has 1 unspecified atom stereocenters. The van der Waals surface area contributed by atoms with Gasteiger partial charge in [-0.25, -0.2) is 0 Å². The first kappa shape index (κ1) is 22.5. The predicted octanol–water partition coefficient (Wildman–Crippen LogP) is 2.07. The number of benzene rings is 1. The van der Waals surface area contributed by atoms with Crippen LogP contribution >= 0.6 is 24.0 Å². The number of nitrogens with one attached hydrogen (secondary N) is 3. The van der Waals surface area contributed by atoms with Gasteiger partial charge < -0.3 is 20.7 Å². The Kier molecular flexibility index (Phi) is 12.0. The van der Waals surface area contributed by atoms with E-state index in [-0.39, 0.29) is 42.5 Å². The lowest BCUT2D eigenvalue weighted by Crippen LogP contribution is -2.45. The number of rotatable bonds is 8. The number of carbonyl (C=O) groups excluding carboxylic acids is 1. The predicted molar refractivity (Wildman–Crippen MR) is 109 cm³/mol. The van der Waals surface area contributed by atoms with Gasteiger partial charge in [0.25, 0.3) is 0 Å². The monoisotopic (exact) mass is 448 g/mol. The van der Waals surface area contributed by atoms with E-state index in [1.165, 1.54) is 5.56 Å². The molecule has 0 fully saturated rings. The highest BCUT2D eigenvalue weighted by molar-refractivity contribution is 14.0. The number of guanidine groups is 1. The van der Waals surface area contributed by atoms with Crippen LogP contribution in [0.25, 0.3) is 0 Å². The van der Waals surface area contributed by atoms with Crippen LogP contribution in [0.4, 0.5) is 0 Å². The average molecular weight is 448 g/mol. The molecule has 1 aromatic carbocycles. The van der Waals surface area contributed by atoms with Crippen molar-refractivity contribution in [1.29, 1.82) is 0 Å². The number of hydrogen-bond donors (Lipinski definition) is 3. The van der Waals surface area contributed by atoms with Gasteiger partial charge in [0.15, 0.2) is 5.96 Å². The van der Waals surface area contributed by atoms with Crippen molar-refractivity contribution in [2.45, 2.75) is 33.3 Å². The second kappa shape index (κ2) is 12.9. The maximum atomic E-state index is 11.6. The Hall–Kier alpha value is -1.51. The summed E-state index contributed by atoms with van der Waals surface area (Å²) in [6.45, 7) is 7.51. The van der Waals surface area contributed by atoms with Crippen LogP contribution in [0.5, 0.6) is 5.75 Å². The third kappa shape index (κ3) is 9.59. The summed E-state index contributed by atoms with van der Waals surface area (Å²) in [4.78, 5) is 15.6. The Morgan fingerprint density at radius 2 is 2.04 bits per heavy atom. The largest absolute Gasteiger partial charge is 0.489 e. The Bertz CT molecular complexity index is 523. The molecular formula is C17H29IN4O2. The maximum absolute atomic E-state index is 11.6. The zero-order valence-corrected chi connectivity index (χ0v) is 17.2. The Morgan fingerprint density at radius 1 is 1.29 bits per heavy atom. The quantitative estimate of drug-likeness (QED) is 0.324. The third-order valence-electron chi connectivity index (χ3n) is 3.10. The van der Waals surface area contributed by atoms with Crippen molar-refractivity contribution in [3.63, 3.8) is 0 Å². The van der Waals surface area contributed by atoms with E-state index >= 15 is 0 Å².